The predicted octanol–water partition coefficient (Wildman–Crippen LogP) is 5.65. The molecule has 0 radical (unpaired) electrons. The third kappa shape index (κ3) is 7.30. The largest absolute Gasteiger partial charge is 0.374 e. The number of carbonyl (C=O) groups is 1. The lowest BCUT2D eigenvalue weighted by Crippen LogP contribution is -2.28. The molecule has 0 aromatic heterocycles. The van der Waals surface area contributed by atoms with E-state index in [0.717, 1.165) is 31.3 Å². The summed E-state index contributed by atoms with van der Waals surface area (Å²) in [6.07, 6.45) is 13.1. The molecule has 0 aromatic carbocycles. The zero-order valence-corrected chi connectivity index (χ0v) is 15.8. The second kappa shape index (κ2) is 9.22. The van der Waals surface area contributed by atoms with Crippen LogP contribution < -0.4 is 0 Å². The number of ether oxygens (including phenoxy) is 1. The van der Waals surface area contributed by atoms with Crippen LogP contribution in [-0.4, -0.2) is 18.5 Å². The van der Waals surface area contributed by atoms with Gasteiger partial charge in [-0.2, -0.15) is 0 Å². The van der Waals surface area contributed by atoms with E-state index in [2.05, 4.69) is 39.0 Å². The van der Waals surface area contributed by atoms with E-state index >= 15 is 0 Å². The lowest BCUT2D eigenvalue weighted by atomic mass is 9.86. The molecule has 0 fully saturated rings. The summed E-state index contributed by atoms with van der Waals surface area (Å²) in [6, 6.07) is 0. The summed E-state index contributed by atoms with van der Waals surface area (Å²) in [5.74, 6) is 1.25. The van der Waals surface area contributed by atoms with E-state index in [1.807, 2.05) is 13.8 Å². The number of rotatable bonds is 2. The average Bonchev–Trinajstić information content (AvgIpc) is 2.45. The van der Waals surface area contributed by atoms with E-state index in [4.69, 9.17) is 4.74 Å². The third-order valence-corrected chi connectivity index (χ3v) is 4.85. The summed E-state index contributed by atoms with van der Waals surface area (Å²) in [7, 11) is 1.69. The highest BCUT2D eigenvalue weighted by atomic mass is 16.5. The number of hydrogen-bond donors (Lipinski definition) is 0. The molecule has 0 saturated heterocycles. The molecule has 2 heteroatoms. The van der Waals surface area contributed by atoms with Crippen LogP contribution in [0.25, 0.3) is 0 Å². The number of allylic oxidation sites excluding steroid dienone is 5. The Morgan fingerprint density at radius 3 is 2.52 bits per heavy atom. The first-order valence-corrected chi connectivity index (χ1v) is 8.86. The molecular weight excluding hydrogens is 284 g/mol. The van der Waals surface area contributed by atoms with Crippen LogP contribution in [0.4, 0.5) is 0 Å². The smallest absolute Gasteiger partial charge is 0.158 e. The van der Waals surface area contributed by atoms with Crippen LogP contribution in [-0.2, 0) is 9.53 Å². The maximum Gasteiger partial charge on any atom is 0.158 e. The van der Waals surface area contributed by atoms with Gasteiger partial charge in [-0.1, -0.05) is 43.2 Å². The monoisotopic (exact) mass is 318 g/mol. The first-order valence-electron chi connectivity index (χ1n) is 8.86. The van der Waals surface area contributed by atoms with Crippen LogP contribution >= 0.6 is 0 Å². The van der Waals surface area contributed by atoms with E-state index in [9.17, 15) is 4.79 Å². The van der Waals surface area contributed by atoms with Gasteiger partial charge in [0.2, 0.25) is 0 Å². The molecule has 0 aliphatic heterocycles. The summed E-state index contributed by atoms with van der Waals surface area (Å²) in [6.45, 7) is 10.8. The SMILES string of the molecule is CO[C@@]1(C)/C=C\[C@H](C(C)C)CC/C(C)=C/CC/C(C)=C/C(=O)C1. The van der Waals surface area contributed by atoms with Gasteiger partial charge in [0.1, 0.15) is 0 Å². The van der Waals surface area contributed by atoms with Crippen LogP contribution in [0.15, 0.2) is 35.5 Å². The minimum atomic E-state index is -0.518. The molecule has 0 amide bonds. The Morgan fingerprint density at radius 1 is 1.22 bits per heavy atom. The van der Waals surface area contributed by atoms with Gasteiger partial charge in [-0.15, -0.1) is 0 Å². The van der Waals surface area contributed by atoms with Crippen molar-refractivity contribution in [3.05, 3.63) is 35.5 Å². The molecular formula is C21H34O2. The molecule has 1 aliphatic rings. The highest BCUT2D eigenvalue weighted by Crippen LogP contribution is 2.26. The highest BCUT2D eigenvalue weighted by Gasteiger charge is 2.24. The van der Waals surface area contributed by atoms with Crippen molar-refractivity contribution >= 4 is 5.78 Å². The maximum atomic E-state index is 12.3. The normalized spacial score (nSPS) is 34.2. The van der Waals surface area contributed by atoms with Gasteiger partial charge in [0.05, 0.1) is 5.60 Å². The van der Waals surface area contributed by atoms with Gasteiger partial charge in [-0.25, -0.2) is 0 Å². The Labute approximate surface area is 142 Å². The Bertz CT molecular complexity index is 482. The van der Waals surface area contributed by atoms with Crippen LogP contribution in [0.1, 0.15) is 66.7 Å². The summed E-state index contributed by atoms with van der Waals surface area (Å²) in [4.78, 5) is 12.3. The molecule has 23 heavy (non-hydrogen) atoms. The Hall–Kier alpha value is -1.15. The molecule has 1 aliphatic carbocycles. The van der Waals surface area contributed by atoms with Gasteiger partial charge >= 0.3 is 0 Å². The summed E-state index contributed by atoms with van der Waals surface area (Å²) < 4.78 is 5.65. The molecule has 130 valence electrons. The number of hydrogen-bond acceptors (Lipinski definition) is 2. The molecule has 0 heterocycles. The number of ketones is 1. The highest BCUT2D eigenvalue weighted by molar-refractivity contribution is 5.91. The fourth-order valence-corrected chi connectivity index (χ4v) is 2.96. The van der Waals surface area contributed by atoms with Crippen molar-refractivity contribution in [3.63, 3.8) is 0 Å². The van der Waals surface area contributed by atoms with Crippen molar-refractivity contribution in [2.24, 2.45) is 11.8 Å². The van der Waals surface area contributed by atoms with Crippen LogP contribution in [0, 0.1) is 11.8 Å². The number of methoxy groups -OCH3 is 1. The molecule has 1 rings (SSSR count). The molecule has 0 bridgehead atoms. The standard InChI is InChI=1S/C21H34O2/c1-16(2)19-11-10-17(3)8-7-9-18(4)14-20(22)15-21(5,23-6)13-12-19/h8,12-14,16,19H,7,9-11,15H2,1-6H3/b13-12-,17-8+,18-14+/t19-,21+/m1/s1. The van der Waals surface area contributed by atoms with E-state index in [-0.39, 0.29) is 5.78 Å². The zero-order valence-electron chi connectivity index (χ0n) is 15.8. The Morgan fingerprint density at radius 2 is 1.91 bits per heavy atom. The van der Waals surface area contributed by atoms with Crippen molar-refractivity contribution in [2.45, 2.75) is 72.3 Å². The summed E-state index contributed by atoms with van der Waals surface area (Å²) >= 11 is 0. The molecule has 2 atom stereocenters. The fraction of sp³-hybridized carbons (Fsp3) is 0.667. The first-order chi connectivity index (χ1) is 10.8. The molecule has 0 N–H and O–H groups in total. The number of carbonyl (C=O) groups excluding carboxylic acids is 1. The lowest BCUT2D eigenvalue weighted by Gasteiger charge is -2.25. The van der Waals surface area contributed by atoms with Gasteiger partial charge in [0, 0.05) is 13.5 Å². The average molecular weight is 319 g/mol. The van der Waals surface area contributed by atoms with Crippen molar-refractivity contribution in [3.8, 4) is 0 Å². The van der Waals surface area contributed by atoms with E-state index < -0.39 is 5.60 Å². The van der Waals surface area contributed by atoms with Crippen LogP contribution in [0.3, 0.4) is 0 Å². The van der Waals surface area contributed by atoms with Gasteiger partial charge in [0.15, 0.2) is 5.78 Å². The van der Waals surface area contributed by atoms with Crippen molar-refractivity contribution in [1.82, 2.24) is 0 Å². The van der Waals surface area contributed by atoms with E-state index in [1.54, 1.807) is 13.2 Å². The van der Waals surface area contributed by atoms with Crippen molar-refractivity contribution < 1.29 is 9.53 Å². The zero-order chi connectivity index (χ0) is 17.5. The third-order valence-electron chi connectivity index (χ3n) is 4.85. The van der Waals surface area contributed by atoms with Crippen LogP contribution in [0.2, 0.25) is 0 Å². The van der Waals surface area contributed by atoms with Crippen molar-refractivity contribution in [1.29, 1.82) is 0 Å². The molecule has 2 nitrogen and oxygen atoms in total. The van der Waals surface area contributed by atoms with Gasteiger partial charge in [-0.3, -0.25) is 4.79 Å². The first kappa shape index (κ1) is 19.9. The Kier molecular flexibility index (Phi) is 7.98. The predicted molar refractivity (Wildman–Crippen MR) is 98.5 cm³/mol. The Balaban J connectivity index is 3.06. The summed E-state index contributed by atoms with van der Waals surface area (Å²) in [5.41, 5.74) is 2.09. The van der Waals surface area contributed by atoms with Gasteiger partial charge < -0.3 is 4.74 Å². The second-order valence-electron chi connectivity index (χ2n) is 7.55. The van der Waals surface area contributed by atoms with Gasteiger partial charge in [-0.05, 0) is 64.4 Å². The molecule has 0 saturated carbocycles. The lowest BCUT2D eigenvalue weighted by molar-refractivity contribution is -0.118. The molecule has 0 unspecified atom stereocenters. The minimum Gasteiger partial charge on any atom is -0.374 e. The maximum absolute atomic E-state index is 12.3. The molecule has 0 spiro atoms. The topological polar surface area (TPSA) is 26.3 Å². The quantitative estimate of drug-likeness (QED) is 0.615. The van der Waals surface area contributed by atoms with Crippen LogP contribution in [0.5, 0.6) is 0 Å². The summed E-state index contributed by atoms with van der Waals surface area (Å²) in [5, 5.41) is 0. The second-order valence-corrected chi connectivity index (χ2v) is 7.55. The fourth-order valence-electron chi connectivity index (χ4n) is 2.96. The van der Waals surface area contributed by atoms with E-state index in [1.165, 1.54) is 5.57 Å². The van der Waals surface area contributed by atoms with Gasteiger partial charge in [0.25, 0.3) is 0 Å². The van der Waals surface area contributed by atoms with E-state index in [0.29, 0.717) is 18.3 Å². The molecule has 0 aromatic rings. The van der Waals surface area contributed by atoms with Crippen molar-refractivity contribution in [2.75, 3.05) is 7.11 Å². The minimum absolute atomic E-state index is 0.148.